The lowest BCUT2D eigenvalue weighted by molar-refractivity contribution is 0.285. The molecule has 2 aromatic heterocycles. The van der Waals surface area contributed by atoms with E-state index >= 15 is 0 Å². The third-order valence-electron chi connectivity index (χ3n) is 3.38. The average Bonchev–Trinajstić information content (AvgIpc) is 2.94. The zero-order valence-electron chi connectivity index (χ0n) is 11.4. The molecular formula is C14H21N3S. The molecule has 0 aliphatic heterocycles. The van der Waals surface area contributed by atoms with Gasteiger partial charge in [-0.1, -0.05) is 26.8 Å². The second kappa shape index (κ2) is 5.24. The van der Waals surface area contributed by atoms with Crippen molar-refractivity contribution < 1.29 is 0 Å². The van der Waals surface area contributed by atoms with E-state index in [1.807, 2.05) is 6.20 Å². The molecule has 0 aliphatic carbocycles. The molecule has 0 spiro atoms. The highest BCUT2D eigenvalue weighted by atomic mass is 32.1. The second-order valence-corrected chi connectivity index (χ2v) is 6.66. The molecular weight excluding hydrogens is 242 g/mol. The van der Waals surface area contributed by atoms with Gasteiger partial charge < -0.3 is 5.32 Å². The number of rotatable bonds is 4. The fourth-order valence-electron chi connectivity index (χ4n) is 1.65. The number of H-pyrrole nitrogens is 1. The van der Waals surface area contributed by atoms with Crippen LogP contribution in [0.2, 0.25) is 0 Å². The van der Waals surface area contributed by atoms with Gasteiger partial charge in [-0.2, -0.15) is 5.10 Å². The average molecular weight is 263 g/mol. The summed E-state index contributed by atoms with van der Waals surface area (Å²) in [5, 5.41) is 12.9. The zero-order chi connectivity index (χ0) is 13.2. The first kappa shape index (κ1) is 13.3. The molecule has 2 aromatic rings. The summed E-state index contributed by atoms with van der Waals surface area (Å²) in [5.41, 5.74) is 2.64. The van der Waals surface area contributed by atoms with Gasteiger partial charge in [-0.3, -0.25) is 5.10 Å². The van der Waals surface area contributed by atoms with Crippen LogP contribution >= 0.6 is 11.3 Å². The first-order valence-corrected chi connectivity index (χ1v) is 7.16. The molecule has 0 aliphatic rings. The van der Waals surface area contributed by atoms with Crippen LogP contribution in [0.25, 0.3) is 10.6 Å². The van der Waals surface area contributed by atoms with Gasteiger partial charge in [-0.25, -0.2) is 0 Å². The molecule has 98 valence electrons. The van der Waals surface area contributed by atoms with Crippen LogP contribution in [0.1, 0.15) is 33.3 Å². The van der Waals surface area contributed by atoms with Crippen molar-refractivity contribution in [1.29, 1.82) is 0 Å². The van der Waals surface area contributed by atoms with E-state index in [4.69, 9.17) is 0 Å². The molecule has 1 atom stereocenters. The molecule has 3 nitrogen and oxygen atoms in total. The van der Waals surface area contributed by atoms with Crippen LogP contribution in [0, 0.1) is 5.41 Å². The first-order chi connectivity index (χ1) is 8.48. The number of hydrogen-bond donors (Lipinski definition) is 2. The molecule has 0 amide bonds. The Morgan fingerprint density at radius 1 is 1.44 bits per heavy atom. The van der Waals surface area contributed by atoms with Gasteiger partial charge in [0.1, 0.15) is 0 Å². The van der Waals surface area contributed by atoms with E-state index in [0.29, 0.717) is 6.04 Å². The van der Waals surface area contributed by atoms with Crippen LogP contribution in [-0.2, 0) is 6.54 Å². The highest BCUT2D eigenvalue weighted by Gasteiger charge is 2.20. The largest absolute Gasteiger partial charge is 0.310 e. The maximum Gasteiger partial charge on any atom is 0.0794 e. The second-order valence-electron chi connectivity index (χ2n) is 5.72. The van der Waals surface area contributed by atoms with Crippen molar-refractivity contribution in [2.24, 2.45) is 5.41 Å². The topological polar surface area (TPSA) is 40.7 Å². The van der Waals surface area contributed by atoms with Crippen LogP contribution in [0.3, 0.4) is 0 Å². The molecule has 0 saturated carbocycles. The van der Waals surface area contributed by atoms with Crippen LogP contribution in [0.4, 0.5) is 0 Å². The summed E-state index contributed by atoms with van der Waals surface area (Å²) < 4.78 is 0. The smallest absolute Gasteiger partial charge is 0.0794 e. The molecule has 0 saturated heterocycles. The summed E-state index contributed by atoms with van der Waals surface area (Å²) in [6.45, 7) is 9.83. The Balaban J connectivity index is 2.05. The maximum atomic E-state index is 4.16. The Kier molecular flexibility index (Phi) is 3.88. The molecule has 0 aromatic carbocycles. The molecule has 2 rings (SSSR count). The van der Waals surface area contributed by atoms with Crippen molar-refractivity contribution in [2.45, 2.75) is 40.3 Å². The van der Waals surface area contributed by atoms with Gasteiger partial charge in [-0.15, -0.1) is 11.3 Å². The number of aromatic amines is 1. The zero-order valence-corrected chi connectivity index (χ0v) is 12.3. The molecule has 18 heavy (non-hydrogen) atoms. The minimum Gasteiger partial charge on any atom is -0.310 e. The fraction of sp³-hybridized carbons (Fsp3) is 0.500. The van der Waals surface area contributed by atoms with Gasteiger partial charge in [0.2, 0.25) is 0 Å². The number of aromatic nitrogens is 2. The minimum absolute atomic E-state index is 0.271. The van der Waals surface area contributed by atoms with Gasteiger partial charge in [0.05, 0.1) is 16.8 Å². The predicted molar refractivity (Wildman–Crippen MR) is 77.7 cm³/mol. The molecule has 2 heterocycles. The van der Waals surface area contributed by atoms with Gasteiger partial charge in [0, 0.05) is 18.2 Å². The van der Waals surface area contributed by atoms with Crippen LogP contribution in [0.15, 0.2) is 23.7 Å². The summed E-state index contributed by atoms with van der Waals surface area (Å²) in [6.07, 6.45) is 1.91. The minimum atomic E-state index is 0.271. The summed E-state index contributed by atoms with van der Waals surface area (Å²) >= 11 is 1.74. The summed E-state index contributed by atoms with van der Waals surface area (Å²) in [5.74, 6) is 0. The van der Waals surface area contributed by atoms with E-state index in [9.17, 15) is 0 Å². The number of hydrogen-bond acceptors (Lipinski definition) is 3. The molecule has 2 N–H and O–H groups in total. The number of thiophene rings is 1. The molecule has 4 heteroatoms. The summed E-state index contributed by atoms with van der Waals surface area (Å²) in [6, 6.07) is 4.65. The van der Waals surface area contributed by atoms with Crippen LogP contribution in [-0.4, -0.2) is 16.2 Å². The number of nitrogens with zero attached hydrogens (tertiary/aromatic N) is 1. The Labute approximate surface area is 113 Å². The maximum absolute atomic E-state index is 4.16. The third kappa shape index (κ3) is 3.00. The lowest BCUT2D eigenvalue weighted by Gasteiger charge is -2.28. The quantitative estimate of drug-likeness (QED) is 0.883. The van der Waals surface area contributed by atoms with Crippen molar-refractivity contribution in [2.75, 3.05) is 0 Å². The molecule has 0 bridgehead atoms. The molecule has 0 fully saturated rings. The third-order valence-corrected chi connectivity index (χ3v) is 4.27. The number of nitrogens with one attached hydrogen (secondary N) is 2. The van der Waals surface area contributed by atoms with E-state index in [0.717, 1.165) is 12.2 Å². The highest BCUT2D eigenvalue weighted by Crippen LogP contribution is 2.26. The molecule has 0 radical (unpaired) electrons. The van der Waals surface area contributed by atoms with E-state index in [-0.39, 0.29) is 5.41 Å². The lowest BCUT2D eigenvalue weighted by Crippen LogP contribution is -2.37. The Morgan fingerprint density at radius 3 is 2.83 bits per heavy atom. The van der Waals surface area contributed by atoms with Crippen molar-refractivity contribution in [3.05, 3.63) is 29.3 Å². The monoisotopic (exact) mass is 263 g/mol. The highest BCUT2D eigenvalue weighted by molar-refractivity contribution is 7.13. The van der Waals surface area contributed by atoms with E-state index in [1.165, 1.54) is 10.4 Å². The molecule has 1 unspecified atom stereocenters. The van der Waals surface area contributed by atoms with Crippen LogP contribution < -0.4 is 5.32 Å². The summed E-state index contributed by atoms with van der Waals surface area (Å²) in [4.78, 5) is 1.24. The van der Waals surface area contributed by atoms with E-state index in [2.05, 4.69) is 60.7 Å². The Hall–Kier alpha value is -1.13. The summed E-state index contributed by atoms with van der Waals surface area (Å²) in [7, 11) is 0. The SMILES string of the molecule is CC(NCc1cn[nH]c1-c1cccs1)C(C)(C)C. The normalized spacial score (nSPS) is 13.8. The Morgan fingerprint density at radius 2 is 2.22 bits per heavy atom. The van der Waals surface area contributed by atoms with Gasteiger partial charge in [0.15, 0.2) is 0 Å². The van der Waals surface area contributed by atoms with Gasteiger partial charge >= 0.3 is 0 Å². The van der Waals surface area contributed by atoms with Crippen molar-refractivity contribution >= 4 is 11.3 Å². The van der Waals surface area contributed by atoms with Gasteiger partial charge in [0.25, 0.3) is 0 Å². The van der Waals surface area contributed by atoms with Gasteiger partial charge in [-0.05, 0) is 23.8 Å². The van der Waals surface area contributed by atoms with E-state index in [1.54, 1.807) is 11.3 Å². The lowest BCUT2D eigenvalue weighted by atomic mass is 9.88. The Bertz CT molecular complexity index is 479. The predicted octanol–water partition coefficient (Wildman–Crippen LogP) is 3.66. The fourth-order valence-corrected chi connectivity index (χ4v) is 2.40. The van der Waals surface area contributed by atoms with E-state index < -0.39 is 0 Å². The first-order valence-electron chi connectivity index (χ1n) is 6.28. The van der Waals surface area contributed by atoms with Crippen molar-refractivity contribution in [3.63, 3.8) is 0 Å². The van der Waals surface area contributed by atoms with Crippen molar-refractivity contribution in [3.8, 4) is 10.6 Å². The van der Waals surface area contributed by atoms with Crippen molar-refractivity contribution in [1.82, 2.24) is 15.5 Å². The van der Waals surface area contributed by atoms with Crippen LogP contribution in [0.5, 0.6) is 0 Å². The standard InChI is InChI=1S/C14H21N3S/c1-10(14(2,3)4)15-8-11-9-16-17-13(11)12-6-5-7-18-12/h5-7,9-10,15H,8H2,1-4H3,(H,16,17).